The minimum Gasteiger partial charge on any atom is -0.333 e. The van der Waals surface area contributed by atoms with E-state index in [1.165, 1.54) is 17.0 Å². The topological polar surface area (TPSA) is 40.6 Å². The molecule has 0 N–H and O–H groups in total. The van der Waals surface area contributed by atoms with Crippen LogP contribution in [0.15, 0.2) is 35.7 Å². The highest BCUT2D eigenvalue weighted by molar-refractivity contribution is 7.10. The normalized spacial score (nSPS) is 16.1. The van der Waals surface area contributed by atoms with Gasteiger partial charge in [0.15, 0.2) is 0 Å². The first-order valence-corrected chi connectivity index (χ1v) is 11.5. The van der Waals surface area contributed by atoms with Crippen molar-refractivity contribution in [1.82, 2.24) is 9.80 Å². The van der Waals surface area contributed by atoms with Crippen LogP contribution in [0.5, 0.6) is 0 Å². The fourth-order valence-electron chi connectivity index (χ4n) is 4.02. The number of amides is 2. The van der Waals surface area contributed by atoms with Crippen molar-refractivity contribution in [1.29, 1.82) is 0 Å². The standard InChI is InChI=1S/C24H31FN2O2S/c1-16(2)13-22(28)26(14-17(3)4)15-23(29)27-11-9-21-20(10-12-30-21)24(27)18-5-7-19(25)8-6-18/h5-8,10,12,16-17,24H,9,11,13-15H2,1-4H3. The van der Waals surface area contributed by atoms with Crippen LogP contribution in [0.1, 0.15) is 56.2 Å². The van der Waals surface area contributed by atoms with Crippen molar-refractivity contribution in [2.75, 3.05) is 19.6 Å². The number of thiophene rings is 1. The number of hydrogen-bond donors (Lipinski definition) is 0. The Morgan fingerprint density at radius 3 is 2.47 bits per heavy atom. The minimum absolute atomic E-state index is 0.0265. The molecule has 1 unspecified atom stereocenters. The zero-order chi connectivity index (χ0) is 21.8. The van der Waals surface area contributed by atoms with Gasteiger partial charge in [0, 0.05) is 24.4 Å². The van der Waals surface area contributed by atoms with Gasteiger partial charge in [-0.1, -0.05) is 39.8 Å². The Balaban J connectivity index is 1.86. The molecule has 0 spiro atoms. The van der Waals surface area contributed by atoms with Gasteiger partial charge in [-0.15, -0.1) is 11.3 Å². The molecule has 162 valence electrons. The monoisotopic (exact) mass is 430 g/mol. The van der Waals surface area contributed by atoms with Crippen molar-refractivity contribution < 1.29 is 14.0 Å². The average molecular weight is 431 g/mol. The lowest BCUT2D eigenvalue weighted by Crippen LogP contribution is -2.47. The summed E-state index contributed by atoms with van der Waals surface area (Å²) in [5.74, 6) is 0.210. The summed E-state index contributed by atoms with van der Waals surface area (Å²) < 4.78 is 13.5. The summed E-state index contributed by atoms with van der Waals surface area (Å²) in [7, 11) is 0. The first-order chi connectivity index (χ1) is 14.3. The number of fused-ring (bicyclic) bond motifs is 1. The number of carbonyl (C=O) groups is 2. The van der Waals surface area contributed by atoms with Crippen molar-refractivity contribution in [2.24, 2.45) is 11.8 Å². The van der Waals surface area contributed by atoms with Crippen molar-refractivity contribution in [3.05, 3.63) is 57.5 Å². The molecule has 0 saturated carbocycles. The molecule has 1 aromatic carbocycles. The second-order valence-electron chi connectivity index (χ2n) is 8.86. The third-order valence-electron chi connectivity index (χ3n) is 5.32. The highest BCUT2D eigenvalue weighted by Crippen LogP contribution is 2.38. The maximum atomic E-state index is 13.5. The number of hydrogen-bond acceptors (Lipinski definition) is 3. The molecule has 2 amide bonds. The second-order valence-corrected chi connectivity index (χ2v) is 9.86. The molecule has 1 aliphatic heterocycles. The first kappa shape index (κ1) is 22.5. The highest BCUT2D eigenvalue weighted by Gasteiger charge is 2.34. The van der Waals surface area contributed by atoms with Gasteiger partial charge in [-0.25, -0.2) is 4.39 Å². The molecule has 0 saturated heterocycles. The molecule has 0 fully saturated rings. The van der Waals surface area contributed by atoms with E-state index in [-0.39, 0.29) is 42.1 Å². The largest absolute Gasteiger partial charge is 0.333 e. The van der Waals surface area contributed by atoms with Crippen LogP contribution in [0, 0.1) is 17.7 Å². The summed E-state index contributed by atoms with van der Waals surface area (Å²) >= 11 is 1.70. The summed E-state index contributed by atoms with van der Waals surface area (Å²) in [6.07, 6.45) is 1.25. The fraction of sp³-hybridized carbons (Fsp3) is 0.500. The Bertz CT molecular complexity index is 876. The summed E-state index contributed by atoms with van der Waals surface area (Å²) in [5, 5.41) is 2.05. The van der Waals surface area contributed by atoms with Crippen molar-refractivity contribution in [3.8, 4) is 0 Å². The van der Waals surface area contributed by atoms with E-state index in [4.69, 9.17) is 0 Å². The van der Waals surface area contributed by atoms with E-state index in [9.17, 15) is 14.0 Å². The van der Waals surface area contributed by atoms with Crippen molar-refractivity contribution >= 4 is 23.2 Å². The van der Waals surface area contributed by atoms with Gasteiger partial charge in [0.05, 0.1) is 12.6 Å². The van der Waals surface area contributed by atoms with Crippen molar-refractivity contribution in [2.45, 2.75) is 46.6 Å². The molecule has 1 aromatic heterocycles. The SMILES string of the molecule is CC(C)CC(=O)N(CC(=O)N1CCc2sccc2C1c1ccc(F)cc1)CC(C)C. The molecular formula is C24H31FN2O2S. The number of carbonyl (C=O) groups excluding carboxylic acids is 2. The Kier molecular flexibility index (Phi) is 7.29. The predicted molar refractivity (Wildman–Crippen MR) is 119 cm³/mol. The van der Waals surface area contributed by atoms with E-state index in [2.05, 4.69) is 19.9 Å². The van der Waals surface area contributed by atoms with E-state index in [1.54, 1.807) is 28.4 Å². The van der Waals surface area contributed by atoms with Gasteiger partial charge >= 0.3 is 0 Å². The summed E-state index contributed by atoms with van der Waals surface area (Å²) in [6, 6.07) is 8.20. The lowest BCUT2D eigenvalue weighted by atomic mass is 9.93. The molecule has 1 aliphatic rings. The van der Waals surface area contributed by atoms with Crippen LogP contribution < -0.4 is 0 Å². The second kappa shape index (κ2) is 9.73. The molecule has 3 rings (SSSR count). The first-order valence-electron chi connectivity index (χ1n) is 10.6. The van der Waals surface area contributed by atoms with Crippen LogP contribution in [-0.4, -0.2) is 41.2 Å². The van der Waals surface area contributed by atoms with Crippen molar-refractivity contribution in [3.63, 3.8) is 0 Å². The molecule has 0 aliphatic carbocycles. The Hall–Kier alpha value is -2.21. The van der Waals surface area contributed by atoms with Gasteiger partial charge < -0.3 is 9.80 Å². The lowest BCUT2D eigenvalue weighted by Gasteiger charge is -2.38. The molecule has 0 radical (unpaired) electrons. The van der Waals surface area contributed by atoms with Gasteiger partial charge in [0.25, 0.3) is 0 Å². The summed E-state index contributed by atoms with van der Waals surface area (Å²) in [4.78, 5) is 31.0. The summed E-state index contributed by atoms with van der Waals surface area (Å²) in [6.45, 7) is 9.39. The molecule has 6 heteroatoms. The molecule has 1 atom stereocenters. The van der Waals surface area contributed by atoms with Gasteiger partial charge in [-0.3, -0.25) is 9.59 Å². The van der Waals surface area contributed by atoms with Gasteiger partial charge in [0.2, 0.25) is 11.8 Å². The average Bonchev–Trinajstić information content (AvgIpc) is 3.15. The molecule has 2 aromatic rings. The third kappa shape index (κ3) is 5.28. The van der Waals surface area contributed by atoms with Crippen LogP contribution >= 0.6 is 11.3 Å². The van der Waals surface area contributed by atoms with E-state index in [1.807, 2.05) is 24.1 Å². The molecule has 2 heterocycles. The zero-order valence-corrected chi connectivity index (χ0v) is 19.0. The Morgan fingerprint density at radius 2 is 1.83 bits per heavy atom. The smallest absolute Gasteiger partial charge is 0.242 e. The predicted octanol–water partition coefficient (Wildman–Crippen LogP) is 4.89. The molecule has 30 heavy (non-hydrogen) atoms. The lowest BCUT2D eigenvalue weighted by molar-refractivity contribution is -0.142. The summed E-state index contributed by atoms with van der Waals surface area (Å²) in [5.41, 5.74) is 2.00. The van der Waals surface area contributed by atoms with E-state index >= 15 is 0 Å². The maximum absolute atomic E-state index is 13.5. The van der Waals surface area contributed by atoms with Gasteiger partial charge in [-0.2, -0.15) is 0 Å². The molecule has 4 nitrogen and oxygen atoms in total. The van der Waals surface area contributed by atoms with Crippen LogP contribution in [0.4, 0.5) is 4.39 Å². The van der Waals surface area contributed by atoms with E-state index in [0.717, 1.165) is 17.5 Å². The minimum atomic E-state index is -0.291. The van der Waals surface area contributed by atoms with Crippen LogP contribution in [0.2, 0.25) is 0 Å². The van der Waals surface area contributed by atoms with E-state index < -0.39 is 0 Å². The number of rotatable bonds is 7. The van der Waals surface area contributed by atoms with Crippen LogP contribution in [0.25, 0.3) is 0 Å². The van der Waals surface area contributed by atoms with E-state index in [0.29, 0.717) is 19.5 Å². The quantitative estimate of drug-likeness (QED) is 0.627. The zero-order valence-electron chi connectivity index (χ0n) is 18.2. The van der Waals surface area contributed by atoms with Gasteiger partial charge in [0.1, 0.15) is 5.82 Å². The Labute approximate surface area is 182 Å². The van der Waals surface area contributed by atoms with Crippen LogP contribution in [0.3, 0.4) is 0 Å². The number of benzene rings is 1. The Morgan fingerprint density at radius 1 is 1.13 bits per heavy atom. The number of nitrogens with zero attached hydrogens (tertiary/aromatic N) is 2. The fourth-order valence-corrected chi connectivity index (χ4v) is 4.92. The maximum Gasteiger partial charge on any atom is 0.242 e. The number of halogens is 1. The highest BCUT2D eigenvalue weighted by atomic mass is 32.1. The van der Waals surface area contributed by atoms with Crippen LogP contribution in [-0.2, 0) is 16.0 Å². The molecule has 0 bridgehead atoms. The third-order valence-corrected chi connectivity index (χ3v) is 6.32. The van der Waals surface area contributed by atoms with Gasteiger partial charge in [-0.05, 0) is 53.0 Å². The molecular weight excluding hydrogens is 399 g/mol.